The van der Waals surface area contributed by atoms with Gasteiger partial charge in [0.25, 0.3) is 5.91 Å². The summed E-state index contributed by atoms with van der Waals surface area (Å²) in [5.41, 5.74) is 1.76. The monoisotopic (exact) mass is 498 g/mol. The van der Waals surface area contributed by atoms with Crippen molar-refractivity contribution in [2.75, 3.05) is 32.4 Å². The van der Waals surface area contributed by atoms with E-state index in [-0.39, 0.29) is 29.9 Å². The maximum absolute atomic E-state index is 12.1. The molecular formula is C20H27IN4OS. The highest BCUT2D eigenvalue weighted by atomic mass is 127. The van der Waals surface area contributed by atoms with Gasteiger partial charge in [0, 0.05) is 42.9 Å². The van der Waals surface area contributed by atoms with E-state index in [9.17, 15) is 4.79 Å². The lowest BCUT2D eigenvalue weighted by Crippen LogP contribution is -2.42. The highest BCUT2D eigenvalue weighted by Gasteiger charge is 2.04. The number of aryl methyl sites for hydroxylation is 1. The molecule has 2 aromatic rings. The highest BCUT2D eigenvalue weighted by Crippen LogP contribution is 2.15. The molecule has 0 saturated heterocycles. The summed E-state index contributed by atoms with van der Waals surface area (Å²) < 4.78 is 0. The number of rotatable bonds is 8. The SMILES string of the molecule is CN=C(NCCNC(=O)c1cccc(C)c1)NCCSc1ccccc1.I. The van der Waals surface area contributed by atoms with Crippen molar-refractivity contribution in [3.63, 3.8) is 0 Å². The molecule has 0 aliphatic carbocycles. The number of carbonyl (C=O) groups is 1. The molecule has 0 atom stereocenters. The number of guanidine groups is 1. The van der Waals surface area contributed by atoms with Crippen LogP contribution in [0.4, 0.5) is 0 Å². The first-order chi connectivity index (χ1) is 12.7. The van der Waals surface area contributed by atoms with Crippen LogP contribution in [0.25, 0.3) is 0 Å². The fraction of sp³-hybridized carbons (Fsp3) is 0.300. The standard InChI is InChI=1S/C20H26N4OS.HI/c1-16-7-6-8-17(15-16)19(25)22-11-12-23-20(21-2)24-13-14-26-18-9-4-3-5-10-18;/h3-10,15H,11-14H2,1-2H3,(H,22,25)(H2,21,23,24);1H. The van der Waals surface area contributed by atoms with Crippen molar-refractivity contribution in [2.45, 2.75) is 11.8 Å². The number of halogens is 1. The molecule has 0 unspecified atom stereocenters. The molecule has 0 spiro atoms. The number of hydrogen-bond acceptors (Lipinski definition) is 3. The molecule has 146 valence electrons. The van der Waals surface area contributed by atoms with Gasteiger partial charge in [-0.2, -0.15) is 0 Å². The second-order valence-electron chi connectivity index (χ2n) is 5.71. The van der Waals surface area contributed by atoms with Crippen LogP contribution in [0.15, 0.2) is 64.5 Å². The molecule has 2 rings (SSSR count). The van der Waals surface area contributed by atoms with E-state index in [4.69, 9.17) is 0 Å². The normalized spacial score (nSPS) is 10.7. The average molecular weight is 498 g/mol. The van der Waals surface area contributed by atoms with Crippen molar-refractivity contribution >= 4 is 47.6 Å². The third-order valence-corrected chi connectivity index (χ3v) is 4.63. The number of carbonyl (C=O) groups excluding carboxylic acids is 1. The molecule has 2 aromatic carbocycles. The van der Waals surface area contributed by atoms with E-state index in [2.05, 4.69) is 33.1 Å². The average Bonchev–Trinajstić information content (AvgIpc) is 2.67. The van der Waals surface area contributed by atoms with Crippen molar-refractivity contribution in [1.82, 2.24) is 16.0 Å². The van der Waals surface area contributed by atoms with E-state index in [1.165, 1.54) is 4.90 Å². The maximum Gasteiger partial charge on any atom is 0.251 e. The first-order valence-corrected chi connectivity index (χ1v) is 9.65. The predicted molar refractivity (Wildman–Crippen MR) is 125 cm³/mol. The van der Waals surface area contributed by atoms with E-state index in [1.807, 2.05) is 49.4 Å². The third-order valence-electron chi connectivity index (χ3n) is 3.61. The Balaban J connectivity index is 0.00000364. The molecule has 0 aliphatic rings. The van der Waals surface area contributed by atoms with Crippen molar-refractivity contribution < 1.29 is 4.79 Å². The van der Waals surface area contributed by atoms with Crippen molar-refractivity contribution in [3.8, 4) is 0 Å². The van der Waals surface area contributed by atoms with Gasteiger partial charge in [0.2, 0.25) is 0 Å². The number of thioether (sulfide) groups is 1. The topological polar surface area (TPSA) is 65.5 Å². The Hall–Kier alpha value is -1.74. The van der Waals surface area contributed by atoms with Gasteiger partial charge in [-0.15, -0.1) is 35.7 Å². The second-order valence-corrected chi connectivity index (χ2v) is 6.88. The van der Waals surface area contributed by atoms with Gasteiger partial charge in [0.15, 0.2) is 5.96 Å². The number of amides is 1. The number of benzene rings is 2. The van der Waals surface area contributed by atoms with Gasteiger partial charge in [-0.25, -0.2) is 0 Å². The van der Waals surface area contributed by atoms with E-state index < -0.39 is 0 Å². The first-order valence-electron chi connectivity index (χ1n) is 8.66. The van der Waals surface area contributed by atoms with Crippen LogP contribution in [0.3, 0.4) is 0 Å². The summed E-state index contributed by atoms with van der Waals surface area (Å²) in [6.07, 6.45) is 0. The summed E-state index contributed by atoms with van der Waals surface area (Å²) in [6, 6.07) is 17.9. The molecule has 0 aliphatic heterocycles. The summed E-state index contributed by atoms with van der Waals surface area (Å²) in [5, 5.41) is 9.38. The van der Waals surface area contributed by atoms with Crippen LogP contribution in [-0.2, 0) is 0 Å². The maximum atomic E-state index is 12.1. The molecule has 7 heteroatoms. The Morgan fingerprint density at radius 2 is 1.67 bits per heavy atom. The van der Waals surface area contributed by atoms with E-state index in [1.54, 1.807) is 18.8 Å². The Morgan fingerprint density at radius 3 is 2.37 bits per heavy atom. The lowest BCUT2D eigenvalue weighted by Gasteiger charge is -2.12. The second kappa shape index (κ2) is 13.4. The van der Waals surface area contributed by atoms with Crippen LogP contribution in [0, 0.1) is 6.92 Å². The molecule has 5 nitrogen and oxygen atoms in total. The number of nitrogens with zero attached hydrogens (tertiary/aromatic N) is 1. The van der Waals surface area contributed by atoms with Crippen molar-refractivity contribution in [3.05, 3.63) is 65.7 Å². The molecule has 0 heterocycles. The van der Waals surface area contributed by atoms with Crippen LogP contribution in [-0.4, -0.2) is 44.3 Å². The van der Waals surface area contributed by atoms with Gasteiger partial charge in [-0.3, -0.25) is 9.79 Å². The van der Waals surface area contributed by atoms with Gasteiger partial charge >= 0.3 is 0 Å². The first kappa shape index (κ1) is 23.3. The van der Waals surface area contributed by atoms with Gasteiger partial charge in [-0.05, 0) is 31.2 Å². The lowest BCUT2D eigenvalue weighted by atomic mass is 10.1. The van der Waals surface area contributed by atoms with Crippen LogP contribution in [0.5, 0.6) is 0 Å². The predicted octanol–water partition coefficient (Wildman–Crippen LogP) is 3.30. The Bertz CT molecular complexity index is 725. The van der Waals surface area contributed by atoms with Crippen LogP contribution >= 0.6 is 35.7 Å². The minimum Gasteiger partial charge on any atom is -0.356 e. The van der Waals surface area contributed by atoms with Crippen LogP contribution < -0.4 is 16.0 Å². The minimum absolute atomic E-state index is 0. The minimum atomic E-state index is -0.0577. The summed E-state index contributed by atoms with van der Waals surface area (Å²) in [7, 11) is 1.74. The summed E-state index contributed by atoms with van der Waals surface area (Å²) >= 11 is 1.80. The van der Waals surface area contributed by atoms with Gasteiger partial charge in [-0.1, -0.05) is 35.9 Å². The summed E-state index contributed by atoms with van der Waals surface area (Å²) in [4.78, 5) is 17.5. The zero-order valence-electron chi connectivity index (χ0n) is 15.7. The van der Waals surface area contributed by atoms with E-state index in [0.29, 0.717) is 18.7 Å². The third kappa shape index (κ3) is 9.14. The fourth-order valence-electron chi connectivity index (χ4n) is 2.32. The fourth-order valence-corrected chi connectivity index (χ4v) is 3.11. The van der Waals surface area contributed by atoms with Crippen molar-refractivity contribution in [2.24, 2.45) is 4.99 Å². The summed E-state index contributed by atoms with van der Waals surface area (Å²) in [6.45, 7) is 3.94. The molecule has 0 bridgehead atoms. The Labute approximate surface area is 182 Å². The molecule has 1 amide bonds. The van der Waals surface area contributed by atoms with Gasteiger partial charge in [0.1, 0.15) is 0 Å². The molecule has 0 aromatic heterocycles. The van der Waals surface area contributed by atoms with E-state index >= 15 is 0 Å². The van der Waals surface area contributed by atoms with Gasteiger partial charge in [0.05, 0.1) is 0 Å². The Morgan fingerprint density at radius 1 is 0.963 bits per heavy atom. The lowest BCUT2D eigenvalue weighted by molar-refractivity contribution is 0.0954. The zero-order valence-corrected chi connectivity index (χ0v) is 18.8. The molecule has 0 saturated carbocycles. The largest absolute Gasteiger partial charge is 0.356 e. The highest BCUT2D eigenvalue weighted by molar-refractivity contribution is 14.0. The molecule has 0 radical (unpaired) electrons. The molecule has 3 N–H and O–H groups in total. The quantitative estimate of drug-likeness (QED) is 0.172. The van der Waals surface area contributed by atoms with E-state index in [0.717, 1.165) is 23.8 Å². The molecule has 0 fully saturated rings. The number of aliphatic imine (C=N–C) groups is 1. The van der Waals surface area contributed by atoms with Crippen molar-refractivity contribution in [1.29, 1.82) is 0 Å². The number of hydrogen-bond donors (Lipinski definition) is 3. The molecule has 27 heavy (non-hydrogen) atoms. The van der Waals surface area contributed by atoms with Gasteiger partial charge < -0.3 is 16.0 Å². The summed E-state index contributed by atoms with van der Waals surface area (Å²) in [5.74, 6) is 1.63. The Kier molecular flexibility index (Phi) is 11.6. The molecular weight excluding hydrogens is 471 g/mol. The van der Waals surface area contributed by atoms with Crippen LogP contribution in [0.2, 0.25) is 0 Å². The smallest absolute Gasteiger partial charge is 0.251 e. The number of nitrogens with one attached hydrogen (secondary N) is 3. The van der Waals surface area contributed by atoms with Crippen LogP contribution in [0.1, 0.15) is 15.9 Å². The zero-order chi connectivity index (χ0) is 18.6.